The molecule has 0 N–H and O–H groups in total. The first-order valence-electron chi connectivity index (χ1n) is 8.82. The molecule has 136 valence electrons. The zero-order valence-electron chi connectivity index (χ0n) is 15.5. The fraction of sp³-hybridized carbons (Fsp3) is 0.600. The number of unbranched alkanes of at least 4 members (excludes halogenated alkanes) is 5. The quantitative estimate of drug-likeness (QED) is 0.458. The van der Waals surface area contributed by atoms with Gasteiger partial charge >= 0.3 is 11.9 Å². The van der Waals surface area contributed by atoms with Crippen molar-refractivity contribution in [2.75, 3.05) is 6.61 Å². The van der Waals surface area contributed by atoms with Crippen LogP contribution in [-0.4, -0.2) is 18.5 Å². The van der Waals surface area contributed by atoms with Crippen LogP contribution in [0.2, 0.25) is 0 Å². The highest BCUT2D eigenvalue weighted by Gasteiger charge is 2.06. The van der Waals surface area contributed by atoms with Gasteiger partial charge in [-0.2, -0.15) is 0 Å². The van der Waals surface area contributed by atoms with Crippen LogP contribution >= 0.6 is 0 Å². The minimum Gasteiger partial charge on any atom is -0.466 e. The molecule has 0 aliphatic rings. The molecule has 1 atom stereocenters. The maximum atomic E-state index is 10.6. The maximum Gasteiger partial charge on any atom is 0.303 e. The van der Waals surface area contributed by atoms with E-state index >= 15 is 0 Å². The van der Waals surface area contributed by atoms with Crippen LogP contribution in [0.25, 0.3) is 0 Å². The molecule has 4 heteroatoms. The second-order valence-electron chi connectivity index (χ2n) is 5.77. The molecule has 24 heavy (non-hydrogen) atoms. The van der Waals surface area contributed by atoms with Crippen molar-refractivity contribution < 1.29 is 19.1 Å². The fourth-order valence-electron chi connectivity index (χ4n) is 2.14. The van der Waals surface area contributed by atoms with E-state index in [1.54, 1.807) is 0 Å². The third kappa shape index (κ3) is 13.8. The Kier molecular flexibility index (Phi) is 13.6. The van der Waals surface area contributed by atoms with E-state index in [9.17, 15) is 9.59 Å². The second-order valence-corrected chi connectivity index (χ2v) is 5.77. The standard InChI is InChI=1S/C10H12O2.C10H20O2/c1-8(12-9(2)11)10-6-4-3-5-7-10;1-3-4-5-6-7-8-9-12-10(2)11/h3-8H,1-2H3;3-9H2,1-2H3. The van der Waals surface area contributed by atoms with Crippen LogP contribution in [0, 0.1) is 0 Å². The summed E-state index contributed by atoms with van der Waals surface area (Å²) < 4.78 is 9.81. The lowest BCUT2D eigenvalue weighted by Crippen LogP contribution is -2.04. The van der Waals surface area contributed by atoms with Crippen LogP contribution in [0.5, 0.6) is 0 Å². The Morgan fingerprint density at radius 1 is 0.917 bits per heavy atom. The third-order valence-electron chi connectivity index (χ3n) is 3.41. The molecule has 0 amide bonds. The zero-order valence-corrected chi connectivity index (χ0v) is 15.5. The first-order valence-corrected chi connectivity index (χ1v) is 8.82. The molecule has 0 spiro atoms. The topological polar surface area (TPSA) is 52.6 Å². The average Bonchev–Trinajstić information content (AvgIpc) is 2.54. The van der Waals surface area contributed by atoms with Crippen molar-refractivity contribution >= 4 is 11.9 Å². The Bertz CT molecular complexity index is 442. The van der Waals surface area contributed by atoms with E-state index in [-0.39, 0.29) is 18.0 Å². The molecule has 0 saturated heterocycles. The van der Waals surface area contributed by atoms with Gasteiger partial charge in [0.1, 0.15) is 6.10 Å². The van der Waals surface area contributed by atoms with Gasteiger partial charge in [0.15, 0.2) is 0 Å². The van der Waals surface area contributed by atoms with Gasteiger partial charge < -0.3 is 9.47 Å². The second kappa shape index (κ2) is 14.7. The molecule has 1 aromatic rings. The number of carbonyl (C=O) groups is 2. The summed E-state index contributed by atoms with van der Waals surface area (Å²) in [7, 11) is 0. The SMILES string of the molecule is CC(=O)OC(C)c1ccccc1.CCCCCCCCOC(C)=O. The summed E-state index contributed by atoms with van der Waals surface area (Å²) in [5.41, 5.74) is 1.02. The van der Waals surface area contributed by atoms with Crippen molar-refractivity contribution in [2.45, 2.75) is 72.3 Å². The molecule has 0 aromatic heterocycles. The molecule has 1 unspecified atom stereocenters. The Hall–Kier alpha value is -1.84. The van der Waals surface area contributed by atoms with Crippen molar-refractivity contribution in [3.8, 4) is 0 Å². The maximum absolute atomic E-state index is 10.6. The zero-order chi connectivity index (χ0) is 18.2. The number of rotatable bonds is 9. The highest BCUT2D eigenvalue weighted by atomic mass is 16.5. The summed E-state index contributed by atoms with van der Waals surface area (Å²) in [4.78, 5) is 21.0. The van der Waals surface area contributed by atoms with Crippen molar-refractivity contribution in [1.82, 2.24) is 0 Å². The van der Waals surface area contributed by atoms with E-state index in [2.05, 4.69) is 6.92 Å². The largest absolute Gasteiger partial charge is 0.466 e. The predicted molar refractivity (Wildman–Crippen MR) is 96.6 cm³/mol. The van der Waals surface area contributed by atoms with Gasteiger partial charge in [-0.3, -0.25) is 9.59 Å². The van der Waals surface area contributed by atoms with E-state index in [1.165, 1.54) is 46.0 Å². The van der Waals surface area contributed by atoms with E-state index in [1.807, 2.05) is 37.3 Å². The molecule has 0 saturated carbocycles. The Labute approximate surface area is 146 Å². The molecular weight excluding hydrogens is 304 g/mol. The van der Waals surface area contributed by atoms with E-state index in [4.69, 9.17) is 9.47 Å². The van der Waals surface area contributed by atoms with Gasteiger partial charge in [-0.1, -0.05) is 69.4 Å². The molecule has 0 bridgehead atoms. The molecule has 0 fully saturated rings. The van der Waals surface area contributed by atoms with Crippen LogP contribution in [0.4, 0.5) is 0 Å². The van der Waals surface area contributed by atoms with Gasteiger partial charge in [0.05, 0.1) is 6.61 Å². The number of hydrogen-bond acceptors (Lipinski definition) is 4. The minimum atomic E-state index is -0.244. The van der Waals surface area contributed by atoms with Crippen molar-refractivity contribution in [3.63, 3.8) is 0 Å². The Balaban J connectivity index is 0.000000441. The third-order valence-corrected chi connectivity index (χ3v) is 3.41. The Morgan fingerprint density at radius 3 is 2.04 bits per heavy atom. The number of esters is 2. The number of carbonyl (C=O) groups excluding carboxylic acids is 2. The lowest BCUT2D eigenvalue weighted by molar-refractivity contribution is -0.146. The van der Waals surface area contributed by atoms with Crippen LogP contribution < -0.4 is 0 Å². The number of hydrogen-bond donors (Lipinski definition) is 0. The lowest BCUT2D eigenvalue weighted by Gasteiger charge is -2.11. The van der Waals surface area contributed by atoms with Crippen molar-refractivity contribution in [1.29, 1.82) is 0 Å². The van der Waals surface area contributed by atoms with Crippen molar-refractivity contribution in [3.05, 3.63) is 35.9 Å². The molecular formula is C20H32O4. The van der Waals surface area contributed by atoms with E-state index < -0.39 is 0 Å². The Morgan fingerprint density at radius 2 is 1.50 bits per heavy atom. The first-order chi connectivity index (χ1) is 11.5. The summed E-state index contributed by atoms with van der Waals surface area (Å²) in [6.45, 7) is 7.54. The van der Waals surface area contributed by atoms with Crippen LogP contribution in [0.1, 0.15) is 77.9 Å². The fourth-order valence-corrected chi connectivity index (χ4v) is 2.14. The van der Waals surface area contributed by atoms with Crippen molar-refractivity contribution in [2.24, 2.45) is 0 Å². The molecule has 0 aliphatic carbocycles. The molecule has 1 aromatic carbocycles. The van der Waals surface area contributed by atoms with Gasteiger partial charge in [0.25, 0.3) is 0 Å². The van der Waals surface area contributed by atoms with Gasteiger partial charge in [0, 0.05) is 13.8 Å². The summed E-state index contributed by atoms with van der Waals surface area (Å²) in [6.07, 6.45) is 7.25. The summed E-state index contributed by atoms with van der Waals surface area (Å²) in [5.74, 6) is -0.407. The molecule has 1 rings (SSSR count). The summed E-state index contributed by atoms with van der Waals surface area (Å²) in [6, 6.07) is 9.66. The van der Waals surface area contributed by atoms with Gasteiger partial charge in [0.2, 0.25) is 0 Å². The van der Waals surface area contributed by atoms with Crippen LogP contribution in [-0.2, 0) is 19.1 Å². The van der Waals surface area contributed by atoms with Crippen LogP contribution in [0.15, 0.2) is 30.3 Å². The summed E-state index contributed by atoms with van der Waals surface area (Å²) in [5, 5.41) is 0. The molecule has 0 heterocycles. The molecule has 0 radical (unpaired) electrons. The first kappa shape index (κ1) is 22.2. The smallest absolute Gasteiger partial charge is 0.303 e. The normalized spacial score (nSPS) is 11.0. The highest BCUT2D eigenvalue weighted by Crippen LogP contribution is 2.15. The van der Waals surface area contributed by atoms with Gasteiger partial charge in [-0.25, -0.2) is 0 Å². The molecule has 4 nitrogen and oxygen atoms in total. The van der Waals surface area contributed by atoms with E-state index in [0.29, 0.717) is 6.61 Å². The average molecular weight is 336 g/mol. The monoisotopic (exact) mass is 336 g/mol. The number of ether oxygens (including phenoxy) is 2. The van der Waals surface area contributed by atoms with Gasteiger partial charge in [-0.15, -0.1) is 0 Å². The molecule has 0 aliphatic heterocycles. The van der Waals surface area contributed by atoms with Gasteiger partial charge in [-0.05, 0) is 18.9 Å². The lowest BCUT2D eigenvalue weighted by atomic mass is 10.1. The van der Waals surface area contributed by atoms with Crippen LogP contribution in [0.3, 0.4) is 0 Å². The number of benzene rings is 1. The summed E-state index contributed by atoms with van der Waals surface area (Å²) >= 11 is 0. The predicted octanol–water partition coefficient (Wildman–Crippen LogP) is 5.22. The minimum absolute atomic E-state index is 0.149. The van der Waals surface area contributed by atoms with E-state index in [0.717, 1.165) is 12.0 Å². The highest BCUT2D eigenvalue weighted by molar-refractivity contribution is 5.66.